The average molecular weight is 309 g/mol. The second-order valence-electron chi connectivity index (χ2n) is 4.27. The van der Waals surface area contributed by atoms with Crippen LogP contribution in [0.2, 0.25) is 0 Å². The van der Waals surface area contributed by atoms with Gasteiger partial charge in [-0.15, -0.1) is 0 Å². The molecule has 5 heteroatoms. The lowest BCUT2D eigenvalue weighted by molar-refractivity contribution is 0.548. The van der Waals surface area contributed by atoms with Crippen LogP contribution >= 0.6 is 15.9 Å². The number of pyridine rings is 1. The number of hydrogen-bond acceptors (Lipinski definition) is 3. The van der Waals surface area contributed by atoms with Gasteiger partial charge in [0.2, 0.25) is 0 Å². The van der Waals surface area contributed by atoms with Gasteiger partial charge in [-0.3, -0.25) is 9.67 Å². The molecule has 0 aromatic carbocycles. The first-order chi connectivity index (χ1) is 8.63. The molecule has 1 N–H and O–H groups in total. The van der Waals surface area contributed by atoms with Gasteiger partial charge in [0.15, 0.2) is 0 Å². The van der Waals surface area contributed by atoms with Crippen LogP contribution in [0.1, 0.15) is 23.1 Å². The first kappa shape index (κ1) is 13.2. The molecule has 2 aromatic heterocycles. The maximum absolute atomic E-state index is 4.41. The molecule has 0 radical (unpaired) electrons. The van der Waals surface area contributed by atoms with E-state index in [1.165, 1.54) is 5.69 Å². The largest absolute Gasteiger partial charge is 0.311 e. The van der Waals surface area contributed by atoms with Gasteiger partial charge in [-0.25, -0.2) is 0 Å². The summed E-state index contributed by atoms with van der Waals surface area (Å²) in [5.41, 5.74) is 3.24. The van der Waals surface area contributed by atoms with Crippen LogP contribution in [0.4, 0.5) is 0 Å². The van der Waals surface area contributed by atoms with Crippen molar-refractivity contribution in [2.45, 2.75) is 19.4 Å². The SMILES string of the molecule is CNC(Cc1c(Br)c(C)nn1C)c1ccccn1. The van der Waals surface area contributed by atoms with Gasteiger partial charge in [-0.1, -0.05) is 6.07 Å². The lowest BCUT2D eigenvalue weighted by Gasteiger charge is -2.16. The summed E-state index contributed by atoms with van der Waals surface area (Å²) < 4.78 is 3.01. The quantitative estimate of drug-likeness (QED) is 0.943. The van der Waals surface area contributed by atoms with Gasteiger partial charge in [-0.2, -0.15) is 5.10 Å². The van der Waals surface area contributed by atoms with Crippen LogP contribution < -0.4 is 5.32 Å². The molecule has 1 atom stereocenters. The summed E-state index contributed by atoms with van der Waals surface area (Å²) in [5.74, 6) is 0. The maximum atomic E-state index is 4.41. The van der Waals surface area contributed by atoms with Crippen molar-refractivity contribution in [2.24, 2.45) is 7.05 Å². The van der Waals surface area contributed by atoms with E-state index < -0.39 is 0 Å². The molecule has 18 heavy (non-hydrogen) atoms. The number of aromatic nitrogens is 3. The number of hydrogen-bond donors (Lipinski definition) is 1. The van der Waals surface area contributed by atoms with E-state index in [0.717, 1.165) is 22.3 Å². The first-order valence-electron chi connectivity index (χ1n) is 5.89. The van der Waals surface area contributed by atoms with Crippen LogP contribution in [0.25, 0.3) is 0 Å². The third kappa shape index (κ3) is 2.62. The fourth-order valence-corrected chi connectivity index (χ4v) is 2.53. The molecule has 0 fully saturated rings. The summed E-state index contributed by atoms with van der Waals surface area (Å²) in [6.07, 6.45) is 2.68. The summed E-state index contributed by atoms with van der Waals surface area (Å²) in [4.78, 5) is 4.40. The molecule has 96 valence electrons. The molecule has 0 saturated heterocycles. The molecule has 4 nitrogen and oxygen atoms in total. The highest BCUT2D eigenvalue weighted by Crippen LogP contribution is 2.25. The van der Waals surface area contributed by atoms with Gasteiger partial charge in [-0.05, 0) is 42.0 Å². The molecule has 0 amide bonds. The van der Waals surface area contributed by atoms with Crippen LogP contribution in [0.15, 0.2) is 28.9 Å². The number of aryl methyl sites for hydroxylation is 2. The van der Waals surface area contributed by atoms with E-state index in [4.69, 9.17) is 0 Å². The smallest absolute Gasteiger partial charge is 0.0738 e. The van der Waals surface area contributed by atoms with E-state index in [-0.39, 0.29) is 6.04 Å². The highest BCUT2D eigenvalue weighted by molar-refractivity contribution is 9.10. The number of halogens is 1. The van der Waals surface area contributed by atoms with Crippen molar-refractivity contribution >= 4 is 15.9 Å². The minimum absolute atomic E-state index is 0.192. The molecule has 0 aliphatic carbocycles. The standard InChI is InChI=1S/C13H17BrN4/c1-9-13(14)12(18(3)17-9)8-11(15-2)10-6-4-5-7-16-10/h4-7,11,15H,8H2,1-3H3. The van der Waals surface area contributed by atoms with Crippen molar-refractivity contribution < 1.29 is 0 Å². The van der Waals surface area contributed by atoms with Crippen LogP contribution in [0.3, 0.4) is 0 Å². The van der Waals surface area contributed by atoms with Crippen LogP contribution in [-0.4, -0.2) is 21.8 Å². The number of rotatable bonds is 4. The fraction of sp³-hybridized carbons (Fsp3) is 0.385. The van der Waals surface area contributed by atoms with E-state index in [1.54, 1.807) is 0 Å². The third-order valence-corrected chi connectivity index (χ3v) is 4.08. The Bertz CT molecular complexity index is 521. The molecule has 2 rings (SSSR count). The van der Waals surface area contributed by atoms with Crippen molar-refractivity contribution in [3.05, 3.63) is 46.0 Å². The molecular formula is C13H17BrN4. The Kier molecular flexibility index (Phi) is 4.14. The number of nitrogens with zero attached hydrogens (tertiary/aromatic N) is 3. The molecule has 1 unspecified atom stereocenters. The second-order valence-corrected chi connectivity index (χ2v) is 5.06. The van der Waals surface area contributed by atoms with E-state index in [2.05, 4.69) is 31.3 Å². The third-order valence-electron chi connectivity index (χ3n) is 3.05. The summed E-state index contributed by atoms with van der Waals surface area (Å²) in [7, 11) is 3.93. The highest BCUT2D eigenvalue weighted by Gasteiger charge is 2.17. The molecule has 2 heterocycles. The second kappa shape index (κ2) is 5.63. The summed E-state index contributed by atoms with van der Waals surface area (Å²) in [5, 5.41) is 7.72. The lowest BCUT2D eigenvalue weighted by atomic mass is 10.1. The Labute approximate surface area is 116 Å². The van der Waals surface area contributed by atoms with Gasteiger partial charge in [0.25, 0.3) is 0 Å². The summed E-state index contributed by atoms with van der Waals surface area (Å²) >= 11 is 3.60. The molecule has 0 aliphatic heterocycles. The average Bonchev–Trinajstić information content (AvgIpc) is 2.62. The Hall–Kier alpha value is -1.20. The van der Waals surface area contributed by atoms with Crippen molar-refractivity contribution in [2.75, 3.05) is 7.05 Å². The first-order valence-corrected chi connectivity index (χ1v) is 6.69. The van der Waals surface area contributed by atoms with E-state index in [1.807, 2.05) is 50.1 Å². The monoisotopic (exact) mass is 308 g/mol. The lowest BCUT2D eigenvalue weighted by Crippen LogP contribution is -2.21. The zero-order valence-electron chi connectivity index (χ0n) is 10.8. The minimum Gasteiger partial charge on any atom is -0.311 e. The predicted octanol–water partition coefficient (Wildman–Crippen LogP) is 2.39. The van der Waals surface area contributed by atoms with Crippen LogP contribution in [0.5, 0.6) is 0 Å². The molecule has 0 aliphatic rings. The topological polar surface area (TPSA) is 42.7 Å². The molecule has 0 spiro atoms. The van der Waals surface area contributed by atoms with Crippen molar-refractivity contribution in [3.8, 4) is 0 Å². The van der Waals surface area contributed by atoms with E-state index >= 15 is 0 Å². The van der Waals surface area contributed by atoms with Gasteiger partial charge < -0.3 is 5.32 Å². The zero-order valence-corrected chi connectivity index (χ0v) is 12.4. The van der Waals surface area contributed by atoms with Gasteiger partial charge in [0.05, 0.1) is 27.6 Å². The van der Waals surface area contributed by atoms with Crippen molar-refractivity contribution in [3.63, 3.8) is 0 Å². The Balaban J connectivity index is 2.26. The number of likely N-dealkylation sites (N-methyl/N-ethyl adjacent to an activating group) is 1. The van der Waals surface area contributed by atoms with E-state index in [9.17, 15) is 0 Å². The van der Waals surface area contributed by atoms with Crippen LogP contribution in [-0.2, 0) is 13.5 Å². The van der Waals surface area contributed by atoms with Crippen molar-refractivity contribution in [1.82, 2.24) is 20.1 Å². The molecular weight excluding hydrogens is 292 g/mol. The zero-order chi connectivity index (χ0) is 13.1. The molecule has 2 aromatic rings. The van der Waals surface area contributed by atoms with Gasteiger partial charge >= 0.3 is 0 Å². The van der Waals surface area contributed by atoms with Gasteiger partial charge in [0, 0.05) is 19.7 Å². The summed E-state index contributed by atoms with van der Waals surface area (Å²) in [6, 6.07) is 6.17. The Morgan fingerprint density at radius 2 is 2.22 bits per heavy atom. The van der Waals surface area contributed by atoms with Gasteiger partial charge in [0.1, 0.15) is 0 Å². The van der Waals surface area contributed by atoms with Crippen molar-refractivity contribution in [1.29, 1.82) is 0 Å². The highest BCUT2D eigenvalue weighted by atomic mass is 79.9. The maximum Gasteiger partial charge on any atom is 0.0738 e. The predicted molar refractivity (Wildman–Crippen MR) is 75.4 cm³/mol. The fourth-order valence-electron chi connectivity index (χ4n) is 2.03. The molecule has 0 bridgehead atoms. The Morgan fingerprint density at radius 3 is 2.72 bits per heavy atom. The summed E-state index contributed by atoms with van der Waals surface area (Å²) in [6.45, 7) is 2.00. The normalized spacial score (nSPS) is 12.7. The van der Waals surface area contributed by atoms with E-state index in [0.29, 0.717) is 0 Å². The van der Waals surface area contributed by atoms with Crippen LogP contribution in [0, 0.1) is 6.92 Å². The Morgan fingerprint density at radius 1 is 1.44 bits per heavy atom. The minimum atomic E-state index is 0.192. The molecule has 0 saturated carbocycles. The number of nitrogens with one attached hydrogen (secondary N) is 1.